The standard InChI is InChI=1S/C18H28O2/c1-4-12-20-17-10-6-5-9-16(17)18(19)11-7-8-15(13-18)14(2)3/h5-6,9-10,14-15,19H,4,7-8,11-13H2,1-3H3. The van der Waals surface area contributed by atoms with Crippen LogP contribution in [0.3, 0.4) is 0 Å². The molecule has 20 heavy (non-hydrogen) atoms. The molecule has 0 bridgehead atoms. The maximum absolute atomic E-state index is 11.2. The molecular formula is C18H28O2. The fourth-order valence-corrected chi connectivity index (χ4v) is 3.30. The molecule has 0 aliphatic heterocycles. The van der Waals surface area contributed by atoms with Crippen LogP contribution in [0.1, 0.15) is 58.4 Å². The summed E-state index contributed by atoms with van der Waals surface area (Å²) in [6.45, 7) is 7.33. The van der Waals surface area contributed by atoms with Crippen LogP contribution in [0.25, 0.3) is 0 Å². The van der Waals surface area contributed by atoms with E-state index in [4.69, 9.17) is 4.74 Å². The zero-order valence-corrected chi connectivity index (χ0v) is 13.1. The van der Waals surface area contributed by atoms with Gasteiger partial charge in [-0.15, -0.1) is 0 Å². The zero-order valence-electron chi connectivity index (χ0n) is 13.1. The second-order valence-corrected chi connectivity index (χ2v) is 6.48. The molecule has 2 heteroatoms. The molecule has 112 valence electrons. The Morgan fingerprint density at radius 2 is 2.10 bits per heavy atom. The lowest BCUT2D eigenvalue weighted by Crippen LogP contribution is -2.34. The fraction of sp³-hybridized carbons (Fsp3) is 0.667. The predicted octanol–water partition coefficient (Wildman–Crippen LogP) is 4.51. The van der Waals surface area contributed by atoms with Gasteiger partial charge in [-0.3, -0.25) is 0 Å². The Labute approximate surface area is 123 Å². The molecule has 1 saturated carbocycles. The summed E-state index contributed by atoms with van der Waals surface area (Å²) in [7, 11) is 0. The quantitative estimate of drug-likeness (QED) is 0.857. The SMILES string of the molecule is CCCOc1ccccc1C1(O)CCCC(C(C)C)C1. The molecule has 2 rings (SSSR count). The van der Waals surface area contributed by atoms with Crippen LogP contribution in [-0.2, 0) is 5.60 Å². The molecule has 1 aliphatic carbocycles. The molecule has 0 spiro atoms. The van der Waals surface area contributed by atoms with Crippen molar-refractivity contribution in [3.8, 4) is 5.75 Å². The molecule has 0 radical (unpaired) electrons. The monoisotopic (exact) mass is 276 g/mol. The van der Waals surface area contributed by atoms with E-state index < -0.39 is 5.60 Å². The Balaban J connectivity index is 2.24. The molecule has 2 atom stereocenters. The van der Waals surface area contributed by atoms with E-state index in [9.17, 15) is 5.11 Å². The Kier molecular flexibility index (Phi) is 5.09. The number of rotatable bonds is 5. The first-order valence-electron chi connectivity index (χ1n) is 8.01. The molecule has 0 heterocycles. The van der Waals surface area contributed by atoms with Crippen LogP contribution in [0.15, 0.2) is 24.3 Å². The number of ether oxygens (including phenoxy) is 1. The average molecular weight is 276 g/mol. The van der Waals surface area contributed by atoms with E-state index >= 15 is 0 Å². The molecule has 1 aromatic rings. The van der Waals surface area contributed by atoms with Gasteiger partial charge in [0.25, 0.3) is 0 Å². The van der Waals surface area contributed by atoms with Crippen LogP contribution >= 0.6 is 0 Å². The van der Waals surface area contributed by atoms with E-state index in [1.807, 2.05) is 24.3 Å². The summed E-state index contributed by atoms with van der Waals surface area (Å²) in [6.07, 6.45) is 5.03. The van der Waals surface area contributed by atoms with E-state index in [0.717, 1.165) is 37.0 Å². The highest BCUT2D eigenvalue weighted by Gasteiger charge is 2.38. The summed E-state index contributed by atoms with van der Waals surface area (Å²) in [5.41, 5.74) is 0.274. The van der Waals surface area contributed by atoms with Gasteiger partial charge in [-0.05, 0) is 50.0 Å². The lowest BCUT2D eigenvalue weighted by atomic mass is 9.71. The van der Waals surface area contributed by atoms with Crippen molar-refractivity contribution in [2.24, 2.45) is 11.8 Å². The molecule has 1 aromatic carbocycles. The summed E-state index contributed by atoms with van der Waals surface area (Å²) in [5.74, 6) is 2.10. The van der Waals surface area contributed by atoms with Gasteiger partial charge in [0.15, 0.2) is 0 Å². The summed E-state index contributed by atoms with van der Waals surface area (Å²) in [6, 6.07) is 8.02. The van der Waals surface area contributed by atoms with E-state index in [0.29, 0.717) is 18.4 Å². The van der Waals surface area contributed by atoms with Crippen LogP contribution < -0.4 is 4.74 Å². The van der Waals surface area contributed by atoms with Crippen LogP contribution in [0.2, 0.25) is 0 Å². The van der Waals surface area contributed by atoms with Crippen molar-refractivity contribution in [3.05, 3.63) is 29.8 Å². The van der Waals surface area contributed by atoms with Gasteiger partial charge < -0.3 is 9.84 Å². The highest BCUT2D eigenvalue weighted by Crippen LogP contribution is 2.45. The molecule has 1 aliphatic rings. The first-order chi connectivity index (χ1) is 9.57. The molecule has 0 aromatic heterocycles. The third-order valence-corrected chi connectivity index (χ3v) is 4.56. The second-order valence-electron chi connectivity index (χ2n) is 6.48. The molecule has 1 N–H and O–H groups in total. The highest BCUT2D eigenvalue weighted by molar-refractivity contribution is 5.38. The zero-order chi connectivity index (χ0) is 14.6. The third kappa shape index (κ3) is 3.35. The van der Waals surface area contributed by atoms with Gasteiger partial charge in [-0.1, -0.05) is 39.0 Å². The largest absolute Gasteiger partial charge is 0.493 e. The Hall–Kier alpha value is -1.02. The Bertz CT molecular complexity index is 427. The van der Waals surface area contributed by atoms with Crippen LogP contribution in [0, 0.1) is 11.8 Å². The Morgan fingerprint density at radius 3 is 2.80 bits per heavy atom. The number of hydrogen-bond acceptors (Lipinski definition) is 2. The topological polar surface area (TPSA) is 29.5 Å². The predicted molar refractivity (Wildman–Crippen MR) is 82.9 cm³/mol. The number of para-hydroxylation sites is 1. The van der Waals surface area contributed by atoms with E-state index in [2.05, 4.69) is 20.8 Å². The minimum atomic E-state index is -0.711. The van der Waals surface area contributed by atoms with Crippen LogP contribution in [0.5, 0.6) is 5.75 Å². The molecule has 2 unspecified atom stereocenters. The number of hydrogen-bond donors (Lipinski definition) is 1. The number of aliphatic hydroxyl groups is 1. The maximum Gasteiger partial charge on any atom is 0.125 e. The van der Waals surface area contributed by atoms with Gasteiger partial charge in [0.1, 0.15) is 5.75 Å². The fourth-order valence-electron chi connectivity index (χ4n) is 3.30. The van der Waals surface area contributed by atoms with E-state index in [1.165, 1.54) is 6.42 Å². The van der Waals surface area contributed by atoms with Gasteiger partial charge in [0.05, 0.1) is 12.2 Å². The highest BCUT2D eigenvalue weighted by atomic mass is 16.5. The van der Waals surface area contributed by atoms with Crippen molar-refractivity contribution in [2.75, 3.05) is 6.61 Å². The van der Waals surface area contributed by atoms with Crippen molar-refractivity contribution in [1.82, 2.24) is 0 Å². The average Bonchev–Trinajstić information content (AvgIpc) is 2.45. The van der Waals surface area contributed by atoms with Crippen molar-refractivity contribution < 1.29 is 9.84 Å². The van der Waals surface area contributed by atoms with Crippen LogP contribution in [-0.4, -0.2) is 11.7 Å². The van der Waals surface area contributed by atoms with Crippen molar-refractivity contribution in [2.45, 2.75) is 58.5 Å². The number of benzene rings is 1. The summed E-state index contributed by atoms with van der Waals surface area (Å²) < 4.78 is 5.84. The minimum Gasteiger partial charge on any atom is -0.493 e. The first kappa shape index (κ1) is 15.4. The third-order valence-electron chi connectivity index (χ3n) is 4.56. The van der Waals surface area contributed by atoms with E-state index in [-0.39, 0.29) is 0 Å². The maximum atomic E-state index is 11.2. The van der Waals surface area contributed by atoms with Gasteiger partial charge in [-0.25, -0.2) is 0 Å². The minimum absolute atomic E-state index is 0.605. The smallest absolute Gasteiger partial charge is 0.125 e. The second kappa shape index (κ2) is 6.62. The molecule has 2 nitrogen and oxygen atoms in total. The first-order valence-corrected chi connectivity index (χ1v) is 8.01. The van der Waals surface area contributed by atoms with Crippen molar-refractivity contribution >= 4 is 0 Å². The molecule has 0 saturated heterocycles. The van der Waals surface area contributed by atoms with Crippen molar-refractivity contribution in [1.29, 1.82) is 0 Å². The molecule has 0 amide bonds. The lowest BCUT2D eigenvalue weighted by molar-refractivity contribution is -0.0314. The van der Waals surface area contributed by atoms with Crippen LogP contribution in [0.4, 0.5) is 0 Å². The normalized spacial score (nSPS) is 26.8. The van der Waals surface area contributed by atoms with Gasteiger partial charge in [0.2, 0.25) is 0 Å². The van der Waals surface area contributed by atoms with Crippen molar-refractivity contribution in [3.63, 3.8) is 0 Å². The van der Waals surface area contributed by atoms with Gasteiger partial charge in [0, 0.05) is 5.56 Å². The Morgan fingerprint density at radius 1 is 1.35 bits per heavy atom. The summed E-state index contributed by atoms with van der Waals surface area (Å²) in [4.78, 5) is 0. The van der Waals surface area contributed by atoms with E-state index in [1.54, 1.807) is 0 Å². The lowest BCUT2D eigenvalue weighted by Gasteiger charge is -2.39. The molecule has 1 fully saturated rings. The van der Waals surface area contributed by atoms with Gasteiger partial charge >= 0.3 is 0 Å². The molecular weight excluding hydrogens is 248 g/mol. The van der Waals surface area contributed by atoms with Gasteiger partial charge in [-0.2, -0.15) is 0 Å². The summed E-state index contributed by atoms with van der Waals surface area (Å²) in [5, 5.41) is 11.2. The summed E-state index contributed by atoms with van der Waals surface area (Å²) >= 11 is 0.